The molecule has 1 aliphatic rings. The molecule has 3 heterocycles. The molecule has 2 aromatic heterocycles. The van der Waals surface area contributed by atoms with E-state index < -0.39 is 28.7 Å². The minimum absolute atomic E-state index is 0.0911. The molecule has 0 radical (unpaired) electrons. The minimum atomic E-state index is -4.78. The Morgan fingerprint density at radius 1 is 0.955 bits per heavy atom. The second kappa shape index (κ2) is 11.0. The van der Waals surface area contributed by atoms with Crippen molar-refractivity contribution >= 4 is 23.0 Å². The van der Waals surface area contributed by atoms with E-state index in [9.17, 15) is 28.1 Å². The van der Waals surface area contributed by atoms with Gasteiger partial charge in [-0.2, -0.15) is 23.4 Å². The summed E-state index contributed by atoms with van der Waals surface area (Å²) in [5.41, 5.74) is 1.91. The van der Waals surface area contributed by atoms with Crippen molar-refractivity contribution in [1.82, 2.24) is 19.6 Å². The fraction of sp³-hybridized carbons (Fsp3) is 0.188. The molecule has 5 aromatic rings. The molecule has 6 rings (SSSR count). The molecule has 0 unspecified atom stereocenters. The molecule has 0 aliphatic carbocycles. The van der Waals surface area contributed by atoms with Crippen molar-refractivity contribution in [2.75, 3.05) is 0 Å². The van der Waals surface area contributed by atoms with E-state index in [-0.39, 0.29) is 35.1 Å². The summed E-state index contributed by atoms with van der Waals surface area (Å²) in [6.45, 7) is 4.04. The average molecular weight is 599 g/mol. The van der Waals surface area contributed by atoms with Gasteiger partial charge < -0.3 is 0 Å². The fourth-order valence-corrected chi connectivity index (χ4v) is 5.17. The number of halogens is 3. The maximum atomic E-state index is 14.3. The predicted molar refractivity (Wildman–Crippen MR) is 157 cm³/mol. The topological polar surface area (TPSA) is 106 Å². The standard InChI is InChI=1S/C32H25F3N6O3/c1-19(2)20-8-10-22(11-9-20)25-17-29(32(33,34)35)40-30(36-25)18-27(38-40)31(42)39-28(23-12-14-24(15-13-23)41(43)44)16-26(37-39)21-6-4-3-5-7-21/h3-15,17-19,28H,16H2,1-2H3/t28-/m0/s1. The van der Waals surface area contributed by atoms with Gasteiger partial charge in [-0.15, -0.1) is 0 Å². The monoisotopic (exact) mass is 598 g/mol. The van der Waals surface area contributed by atoms with Gasteiger partial charge in [0, 0.05) is 30.2 Å². The molecule has 9 nitrogen and oxygen atoms in total. The molecule has 3 aromatic carbocycles. The first-order valence-corrected chi connectivity index (χ1v) is 13.8. The summed E-state index contributed by atoms with van der Waals surface area (Å²) in [5, 5.41) is 21.0. The summed E-state index contributed by atoms with van der Waals surface area (Å²) in [4.78, 5) is 29.0. The highest BCUT2D eigenvalue weighted by atomic mass is 19.4. The van der Waals surface area contributed by atoms with Crippen LogP contribution in [0.25, 0.3) is 16.9 Å². The number of rotatable bonds is 6. The van der Waals surface area contributed by atoms with Gasteiger partial charge in [0.2, 0.25) is 0 Å². The van der Waals surface area contributed by atoms with E-state index >= 15 is 0 Å². The van der Waals surface area contributed by atoms with Crippen molar-refractivity contribution < 1.29 is 22.9 Å². The van der Waals surface area contributed by atoms with Gasteiger partial charge in [-0.25, -0.2) is 14.5 Å². The first-order valence-electron chi connectivity index (χ1n) is 13.8. The second-order valence-corrected chi connectivity index (χ2v) is 10.7. The Kier molecular flexibility index (Phi) is 7.20. The summed E-state index contributed by atoms with van der Waals surface area (Å²) < 4.78 is 43.4. The lowest BCUT2D eigenvalue weighted by atomic mass is 9.98. The number of hydrogen-bond acceptors (Lipinski definition) is 6. The third kappa shape index (κ3) is 5.41. The molecule has 1 atom stereocenters. The van der Waals surface area contributed by atoms with Crippen molar-refractivity contribution in [1.29, 1.82) is 0 Å². The normalized spacial score (nSPS) is 15.2. The highest BCUT2D eigenvalue weighted by molar-refractivity contribution is 6.04. The Hall–Kier alpha value is -5.39. The maximum absolute atomic E-state index is 14.3. The molecule has 0 fully saturated rings. The van der Waals surface area contributed by atoms with E-state index in [0.29, 0.717) is 21.4 Å². The van der Waals surface area contributed by atoms with Crippen molar-refractivity contribution in [2.45, 2.75) is 38.4 Å². The van der Waals surface area contributed by atoms with Crippen LogP contribution in [-0.4, -0.2) is 36.1 Å². The van der Waals surface area contributed by atoms with Crippen molar-refractivity contribution in [2.24, 2.45) is 5.10 Å². The predicted octanol–water partition coefficient (Wildman–Crippen LogP) is 7.44. The number of fused-ring (bicyclic) bond motifs is 1. The van der Waals surface area contributed by atoms with Crippen LogP contribution in [0.5, 0.6) is 0 Å². The third-order valence-corrected chi connectivity index (χ3v) is 7.52. The maximum Gasteiger partial charge on any atom is 0.433 e. The Morgan fingerprint density at radius 2 is 1.64 bits per heavy atom. The van der Waals surface area contributed by atoms with E-state index in [4.69, 9.17) is 0 Å². The van der Waals surface area contributed by atoms with Crippen LogP contribution in [0.2, 0.25) is 0 Å². The molecule has 1 amide bonds. The second-order valence-electron chi connectivity index (χ2n) is 10.7. The molecule has 222 valence electrons. The Balaban J connectivity index is 1.42. The van der Waals surface area contributed by atoms with Crippen molar-refractivity contribution in [3.8, 4) is 11.3 Å². The molecular weight excluding hydrogens is 573 g/mol. The number of nitro benzene ring substituents is 1. The summed E-state index contributed by atoms with van der Waals surface area (Å²) in [6, 6.07) is 23.5. The summed E-state index contributed by atoms with van der Waals surface area (Å²) in [5.74, 6) is -0.486. The van der Waals surface area contributed by atoms with Gasteiger partial charge in [0.15, 0.2) is 17.0 Å². The number of aromatic nitrogens is 3. The lowest BCUT2D eigenvalue weighted by Gasteiger charge is -2.21. The zero-order chi connectivity index (χ0) is 31.2. The van der Waals surface area contributed by atoms with E-state index in [1.807, 2.05) is 56.3 Å². The van der Waals surface area contributed by atoms with E-state index in [0.717, 1.165) is 17.2 Å². The van der Waals surface area contributed by atoms with Crippen molar-refractivity contribution in [3.63, 3.8) is 0 Å². The quantitative estimate of drug-likeness (QED) is 0.149. The van der Waals surface area contributed by atoms with Gasteiger partial charge in [-0.3, -0.25) is 14.9 Å². The first-order chi connectivity index (χ1) is 21.0. The zero-order valence-corrected chi connectivity index (χ0v) is 23.6. The van der Waals surface area contributed by atoms with Crippen molar-refractivity contribution in [3.05, 3.63) is 129 Å². The SMILES string of the molecule is CC(C)c1ccc(-c2cc(C(F)(F)F)n3nc(C(=O)N4N=C(c5ccccc5)C[C@H]4c4ccc([N+](=O)[O-])cc4)cc3n2)cc1. The van der Waals surface area contributed by atoms with Crippen LogP contribution in [0.1, 0.15) is 65.1 Å². The number of benzene rings is 3. The lowest BCUT2D eigenvalue weighted by Crippen LogP contribution is -2.27. The van der Waals surface area contributed by atoms with Crippen LogP contribution >= 0.6 is 0 Å². The number of nitro groups is 1. The van der Waals surface area contributed by atoms with E-state index in [1.165, 1.54) is 35.3 Å². The molecule has 0 bridgehead atoms. The number of amides is 1. The number of alkyl halides is 3. The lowest BCUT2D eigenvalue weighted by molar-refractivity contribution is -0.384. The van der Waals surface area contributed by atoms with E-state index in [2.05, 4.69) is 15.2 Å². The Bertz CT molecular complexity index is 1900. The Morgan fingerprint density at radius 3 is 2.25 bits per heavy atom. The van der Waals surface area contributed by atoms with Gasteiger partial charge in [0.1, 0.15) is 0 Å². The fourth-order valence-electron chi connectivity index (χ4n) is 5.17. The molecule has 0 saturated heterocycles. The molecule has 12 heteroatoms. The van der Waals surface area contributed by atoms with Crippen LogP contribution in [0.3, 0.4) is 0 Å². The first kappa shape index (κ1) is 28.7. The van der Waals surface area contributed by atoms with Gasteiger partial charge in [0.25, 0.3) is 11.6 Å². The Labute approximate surface area is 249 Å². The molecule has 0 spiro atoms. The van der Waals surface area contributed by atoms with Crippen LogP contribution in [0, 0.1) is 10.1 Å². The highest BCUT2D eigenvalue weighted by Crippen LogP contribution is 2.36. The van der Waals surface area contributed by atoms with Gasteiger partial charge in [-0.05, 0) is 28.7 Å². The van der Waals surface area contributed by atoms with Crippen LogP contribution < -0.4 is 0 Å². The molecular formula is C32H25F3N6O3. The van der Waals surface area contributed by atoms with Crippen LogP contribution in [-0.2, 0) is 6.18 Å². The van der Waals surface area contributed by atoms with Crippen LogP contribution in [0.4, 0.5) is 18.9 Å². The highest BCUT2D eigenvalue weighted by Gasteiger charge is 2.38. The number of carbonyl (C=O) groups is 1. The van der Waals surface area contributed by atoms with Gasteiger partial charge in [0.05, 0.1) is 22.4 Å². The smallest absolute Gasteiger partial charge is 0.265 e. The number of hydrazone groups is 1. The van der Waals surface area contributed by atoms with Gasteiger partial charge in [-0.1, -0.05) is 80.6 Å². The van der Waals surface area contributed by atoms with Crippen LogP contribution in [0.15, 0.2) is 96.1 Å². The van der Waals surface area contributed by atoms with Gasteiger partial charge >= 0.3 is 6.18 Å². The third-order valence-electron chi connectivity index (χ3n) is 7.52. The number of hydrogen-bond donors (Lipinski definition) is 0. The minimum Gasteiger partial charge on any atom is -0.265 e. The van der Waals surface area contributed by atoms with E-state index in [1.54, 1.807) is 12.1 Å². The zero-order valence-electron chi connectivity index (χ0n) is 23.6. The number of carbonyl (C=O) groups excluding carboxylic acids is 1. The molecule has 44 heavy (non-hydrogen) atoms. The summed E-state index contributed by atoms with van der Waals surface area (Å²) >= 11 is 0. The molecule has 0 N–H and O–H groups in total. The average Bonchev–Trinajstić information content (AvgIpc) is 3.65. The number of non-ortho nitro benzene ring substituents is 1. The molecule has 0 saturated carbocycles. The molecule has 1 aliphatic heterocycles. The summed E-state index contributed by atoms with van der Waals surface area (Å²) in [6.07, 6.45) is -4.50. The number of nitrogens with zero attached hydrogens (tertiary/aromatic N) is 6. The largest absolute Gasteiger partial charge is 0.433 e. The summed E-state index contributed by atoms with van der Waals surface area (Å²) in [7, 11) is 0.